The van der Waals surface area contributed by atoms with Crippen LogP contribution in [0, 0.1) is 6.92 Å². The summed E-state index contributed by atoms with van der Waals surface area (Å²) in [5, 5.41) is 12.9. The first-order valence-corrected chi connectivity index (χ1v) is 12.9. The van der Waals surface area contributed by atoms with Crippen LogP contribution in [-0.4, -0.2) is 37.2 Å². The van der Waals surface area contributed by atoms with Crippen molar-refractivity contribution in [3.8, 4) is 5.69 Å². The van der Waals surface area contributed by atoms with Crippen LogP contribution < -0.4 is 10.9 Å². The number of aromatic nitrogens is 5. The summed E-state index contributed by atoms with van der Waals surface area (Å²) in [5.41, 5.74) is 3.08. The molecule has 0 bridgehead atoms. The largest absolute Gasteiger partial charge is 0.352 e. The summed E-state index contributed by atoms with van der Waals surface area (Å²) in [4.78, 5) is 32.7. The number of hydrogen-bond acceptors (Lipinski definition) is 6. The molecule has 1 unspecified atom stereocenters. The van der Waals surface area contributed by atoms with Crippen LogP contribution in [0.1, 0.15) is 39.7 Å². The molecule has 2 aromatic heterocycles. The lowest BCUT2D eigenvalue weighted by molar-refractivity contribution is 0.0954. The number of aryl methyl sites for hydroxylation is 1. The summed E-state index contributed by atoms with van der Waals surface area (Å²) in [6.45, 7) is 4.35. The number of H-pyrrole nitrogens is 1. The van der Waals surface area contributed by atoms with Gasteiger partial charge in [0.25, 0.3) is 11.5 Å². The van der Waals surface area contributed by atoms with Crippen molar-refractivity contribution in [1.82, 2.24) is 30.0 Å². The average molecular weight is 511 g/mol. The molecule has 9 heteroatoms. The highest BCUT2D eigenvalue weighted by atomic mass is 32.2. The van der Waals surface area contributed by atoms with Crippen LogP contribution in [0.3, 0.4) is 0 Å². The van der Waals surface area contributed by atoms with Gasteiger partial charge in [0.05, 0.1) is 16.2 Å². The Labute approximate surface area is 218 Å². The van der Waals surface area contributed by atoms with Crippen molar-refractivity contribution in [2.24, 2.45) is 0 Å². The van der Waals surface area contributed by atoms with Crippen molar-refractivity contribution in [1.29, 1.82) is 0 Å². The second kappa shape index (κ2) is 10.8. The van der Waals surface area contributed by atoms with Crippen LogP contribution in [0.2, 0.25) is 0 Å². The topological polar surface area (TPSA) is 106 Å². The minimum Gasteiger partial charge on any atom is -0.352 e. The van der Waals surface area contributed by atoms with Crippen LogP contribution in [0.25, 0.3) is 16.6 Å². The lowest BCUT2D eigenvalue weighted by Gasteiger charge is -2.14. The summed E-state index contributed by atoms with van der Waals surface area (Å²) >= 11 is 1.46. The lowest BCUT2D eigenvalue weighted by atomic mass is 10.1. The maximum atomic E-state index is 12.6. The monoisotopic (exact) mass is 510 g/mol. The Morgan fingerprint density at radius 2 is 1.81 bits per heavy atom. The third-order valence-corrected chi connectivity index (χ3v) is 6.98. The van der Waals surface area contributed by atoms with Crippen molar-refractivity contribution in [2.45, 2.75) is 30.7 Å². The van der Waals surface area contributed by atoms with Gasteiger partial charge in [-0.25, -0.2) is 4.98 Å². The van der Waals surface area contributed by atoms with E-state index in [-0.39, 0.29) is 16.7 Å². The molecule has 2 N–H and O–H groups in total. The number of nitrogens with zero attached hydrogens (tertiary/aromatic N) is 4. The Balaban J connectivity index is 1.37. The molecule has 5 rings (SSSR count). The first-order chi connectivity index (χ1) is 18.0. The first-order valence-electron chi connectivity index (χ1n) is 12.0. The zero-order valence-corrected chi connectivity index (χ0v) is 21.3. The average Bonchev–Trinajstić information content (AvgIpc) is 3.31. The molecule has 0 saturated heterocycles. The number of rotatable bonds is 8. The number of carbonyl (C=O) groups is 1. The molecule has 0 fully saturated rings. The Kier molecular flexibility index (Phi) is 7.14. The minimum atomic E-state index is -0.183. The fourth-order valence-corrected chi connectivity index (χ4v) is 5.01. The molecule has 2 heterocycles. The molecule has 0 aliphatic heterocycles. The van der Waals surface area contributed by atoms with E-state index in [1.165, 1.54) is 11.8 Å². The Morgan fingerprint density at radius 1 is 1.03 bits per heavy atom. The number of thioether (sulfide) groups is 1. The summed E-state index contributed by atoms with van der Waals surface area (Å²) in [6.07, 6.45) is 0.499. The molecule has 0 aliphatic carbocycles. The molecule has 1 atom stereocenters. The standard InChI is InChI=1S/C28H26N6O2S/c1-18-9-8-10-20(17-18)26(35)29-16-15-24-32-33-28(34(24)21-11-4-3-5-12-21)37-19(2)25-30-23-14-7-6-13-22(23)27(36)31-25/h3-14,17,19H,15-16H2,1-2H3,(H,29,35)(H,30,31,36). The molecule has 1 amide bonds. The summed E-state index contributed by atoms with van der Waals surface area (Å²) in [6, 6.07) is 24.6. The van der Waals surface area contributed by atoms with E-state index in [0.29, 0.717) is 40.4 Å². The van der Waals surface area contributed by atoms with Crippen LogP contribution in [0.5, 0.6) is 0 Å². The summed E-state index contributed by atoms with van der Waals surface area (Å²) < 4.78 is 1.99. The SMILES string of the molecule is Cc1cccc(C(=O)NCCc2nnc(SC(C)c3nc4ccccc4c(=O)[nH]3)n2-c2ccccc2)c1. The van der Waals surface area contributed by atoms with E-state index in [0.717, 1.165) is 17.1 Å². The number of nitrogens with one attached hydrogen (secondary N) is 2. The third-order valence-electron chi connectivity index (χ3n) is 5.93. The van der Waals surface area contributed by atoms with E-state index in [4.69, 9.17) is 0 Å². The highest BCUT2D eigenvalue weighted by molar-refractivity contribution is 7.99. The predicted molar refractivity (Wildman–Crippen MR) is 145 cm³/mol. The van der Waals surface area contributed by atoms with Crippen LogP contribution in [0.4, 0.5) is 0 Å². The molecule has 37 heavy (non-hydrogen) atoms. The molecule has 0 radical (unpaired) electrons. The smallest absolute Gasteiger partial charge is 0.258 e. The second-order valence-corrected chi connectivity index (χ2v) is 9.98. The maximum absolute atomic E-state index is 12.6. The van der Waals surface area contributed by atoms with Gasteiger partial charge in [-0.1, -0.05) is 59.8 Å². The van der Waals surface area contributed by atoms with E-state index >= 15 is 0 Å². The van der Waals surface area contributed by atoms with Crippen LogP contribution in [0.15, 0.2) is 88.8 Å². The number of fused-ring (bicyclic) bond motifs is 1. The fraction of sp³-hybridized carbons (Fsp3) is 0.179. The Morgan fingerprint density at radius 3 is 2.62 bits per heavy atom. The van der Waals surface area contributed by atoms with E-state index in [1.54, 1.807) is 12.1 Å². The van der Waals surface area contributed by atoms with Gasteiger partial charge in [0.1, 0.15) is 11.6 Å². The quantitative estimate of drug-likeness (QED) is 0.295. The van der Waals surface area contributed by atoms with Gasteiger partial charge in [0.15, 0.2) is 5.16 Å². The zero-order chi connectivity index (χ0) is 25.8. The van der Waals surface area contributed by atoms with Gasteiger partial charge >= 0.3 is 0 Å². The van der Waals surface area contributed by atoms with Gasteiger partial charge in [-0.3, -0.25) is 14.2 Å². The number of amides is 1. The van der Waals surface area contributed by atoms with Gasteiger partial charge in [-0.05, 0) is 50.2 Å². The van der Waals surface area contributed by atoms with Gasteiger partial charge < -0.3 is 10.3 Å². The van der Waals surface area contributed by atoms with Gasteiger partial charge in [-0.15, -0.1) is 10.2 Å². The highest BCUT2D eigenvalue weighted by Gasteiger charge is 2.20. The molecule has 0 saturated carbocycles. The third kappa shape index (κ3) is 5.46. The van der Waals surface area contributed by atoms with Crippen molar-refractivity contribution >= 4 is 28.6 Å². The van der Waals surface area contributed by atoms with Gasteiger partial charge in [-0.2, -0.15) is 0 Å². The predicted octanol–water partition coefficient (Wildman–Crippen LogP) is 4.64. The molecule has 186 valence electrons. The summed E-state index contributed by atoms with van der Waals surface area (Å²) in [7, 11) is 0. The molecule has 0 aliphatic rings. The van der Waals surface area contributed by atoms with Gasteiger partial charge in [0, 0.05) is 24.2 Å². The normalized spacial score (nSPS) is 11.9. The molecule has 5 aromatic rings. The number of aromatic amines is 1. The lowest BCUT2D eigenvalue weighted by Crippen LogP contribution is -2.26. The zero-order valence-electron chi connectivity index (χ0n) is 20.5. The molecule has 3 aromatic carbocycles. The molecular weight excluding hydrogens is 484 g/mol. The summed E-state index contributed by atoms with van der Waals surface area (Å²) in [5.74, 6) is 1.18. The van der Waals surface area contributed by atoms with Crippen molar-refractivity contribution in [2.75, 3.05) is 6.54 Å². The van der Waals surface area contributed by atoms with Crippen LogP contribution >= 0.6 is 11.8 Å². The minimum absolute atomic E-state index is 0.121. The molecular formula is C28H26N6O2S. The van der Waals surface area contributed by atoms with Crippen molar-refractivity contribution < 1.29 is 4.79 Å². The van der Waals surface area contributed by atoms with E-state index in [9.17, 15) is 9.59 Å². The Hall–Kier alpha value is -4.24. The number of para-hydroxylation sites is 2. The van der Waals surface area contributed by atoms with E-state index < -0.39 is 0 Å². The van der Waals surface area contributed by atoms with Gasteiger partial charge in [0.2, 0.25) is 0 Å². The molecule has 0 spiro atoms. The number of benzene rings is 3. The number of hydrogen-bond donors (Lipinski definition) is 2. The van der Waals surface area contributed by atoms with Crippen molar-refractivity contribution in [3.05, 3.63) is 112 Å². The molecule has 8 nitrogen and oxygen atoms in total. The Bertz CT molecular complexity index is 1610. The number of carbonyl (C=O) groups excluding carboxylic acids is 1. The second-order valence-electron chi connectivity index (χ2n) is 8.67. The van der Waals surface area contributed by atoms with Crippen molar-refractivity contribution in [3.63, 3.8) is 0 Å². The fourth-order valence-electron chi connectivity index (χ4n) is 4.06. The first kappa shape index (κ1) is 24.5. The highest BCUT2D eigenvalue weighted by Crippen LogP contribution is 2.33. The maximum Gasteiger partial charge on any atom is 0.258 e. The van der Waals surface area contributed by atoms with E-state index in [2.05, 4.69) is 25.5 Å². The van der Waals surface area contributed by atoms with E-state index in [1.807, 2.05) is 85.1 Å². The van der Waals surface area contributed by atoms with Crippen LogP contribution in [-0.2, 0) is 6.42 Å².